The van der Waals surface area contributed by atoms with Crippen LogP contribution in [0.25, 0.3) is 0 Å². The number of piperidine rings is 1. The van der Waals surface area contributed by atoms with E-state index in [4.69, 9.17) is 12.2 Å². The van der Waals surface area contributed by atoms with E-state index >= 15 is 0 Å². The van der Waals surface area contributed by atoms with Crippen LogP contribution in [0.3, 0.4) is 0 Å². The minimum atomic E-state index is -4.46. The first-order valence-corrected chi connectivity index (χ1v) is 10.7. The van der Waals surface area contributed by atoms with E-state index in [2.05, 4.69) is 43.3 Å². The van der Waals surface area contributed by atoms with Crippen molar-refractivity contribution < 1.29 is 13.2 Å². The van der Waals surface area contributed by atoms with Gasteiger partial charge in [0.25, 0.3) is 0 Å². The van der Waals surface area contributed by atoms with Crippen LogP contribution >= 0.6 is 12.2 Å². The Morgan fingerprint density at radius 1 is 1.10 bits per heavy atom. The van der Waals surface area contributed by atoms with Crippen LogP contribution in [0.5, 0.6) is 0 Å². The lowest BCUT2D eigenvalue weighted by molar-refractivity contribution is -0.136. The fraction of sp³-hybridized carbons (Fsp3) is 0.478. The summed E-state index contributed by atoms with van der Waals surface area (Å²) in [4.78, 5) is 6.08. The van der Waals surface area contributed by atoms with Crippen LogP contribution in [-0.2, 0) is 12.7 Å². The zero-order valence-corrected chi connectivity index (χ0v) is 19.1. The van der Waals surface area contributed by atoms with Crippen molar-refractivity contribution in [2.75, 3.05) is 5.32 Å². The number of hydrogen-bond donors (Lipinski definition) is 2. The number of halogens is 3. The van der Waals surface area contributed by atoms with Crippen LogP contribution in [0.15, 0.2) is 48.8 Å². The molecule has 0 bridgehead atoms. The highest BCUT2D eigenvalue weighted by atomic mass is 32.1. The van der Waals surface area contributed by atoms with Crippen LogP contribution < -0.4 is 10.6 Å². The van der Waals surface area contributed by atoms with Gasteiger partial charge in [-0.15, -0.1) is 0 Å². The van der Waals surface area contributed by atoms with Gasteiger partial charge >= 0.3 is 6.18 Å². The Labute approximate surface area is 187 Å². The van der Waals surface area contributed by atoms with Crippen molar-refractivity contribution in [3.05, 3.63) is 59.9 Å². The Bertz CT molecular complexity index is 897. The third-order valence-corrected chi connectivity index (χ3v) is 5.78. The molecule has 0 spiro atoms. The minimum Gasteiger partial charge on any atom is -0.342 e. The molecule has 1 fully saturated rings. The van der Waals surface area contributed by atoms with E-state index in [0.717, 1.165) is 24.5 Å². The first-order valence-electron chi connectivity index (χ1n) is 10.3. The molecule has 0 amide bonds. The zero-order chi connectivity index (χ0) is 22.9. The van der Waals surface area contributed by atoms with Gasteiger partial charge in [-0.05, 0) is 82.6 Å². The average Bonchev–Trinajstić information content (AvgIpc) is 2.64. The highest BCUT2D eigenvalue weighted by Crippen LogP contribution is 2.36. The maximum absolute atomic E-state index is 13.5. The summed E-state index contributed by atoms with van der Waals surface area (Å²) >= 11 is 5.68. The molecule has 1 aliphatic heterocycles. The van der Waals surface area contributed by atoms with E-state index in [-0.39, 0.29) is 27.9 Å². The molecule has 4 nitrogen and oxygen atoms in total. The predicted octanol–water partition coefficient (Wildman–Crippen LogP) is 5.61. The summed E-state index contributed by atoms with van der Waals surface area (Å²) in [6.45, 7) is 9.04. The van der Waals surface area contributed by atoms with Crippen LogP contribution in [0.1, 0.15) is 51.7 Å². The summed E-state index contributed by atoms with van der Waals surface area (Å²) in [5.41, 5.74) is -0.0399. The van der Waals surface area contributed by atoms with Crippen molar-refractivity contribution in [1.82, 2.24) is 15.2 Å². The number of anilines is 1. The van der Waals surface area contributed by atoms with Crippen LogP contribution in [-0.4, -0.2) is 32.1 Å². The highest BCUT2D eigenvalue weighted by molar-refractivity contribution is 7.80. The fourth-order valence-corrected chi connectivity index (χ4v) is 4.89. The number of rotatable bonds is 4. The van der Waals surface area contributed by atoms with Gasteiger partial charge in [0.15, 0.2) is 5.11 Å². The summed E-state index contributed by atoms with van der Waals surface area (Å²) < 4.78 is 40.5. The molecule has 1 saturated heterocycles. The largest absolute Gasteiger partial charge is 0.418 e. The van der Waals surface area contributed by atoms with Gasteiger partial charge in [0.1, 0.15) is 0 Å². The van der Waals surface area contributed by atoms with Gasteiger partial charge in [-0.25, -0.2) is 0 Å². The topological polar surface area (TPSA) is 40.2 Å². The molecule has 0 radical (unpaired) electrons. The van der Waals surface area contributed by atoms with Gasteiger partial charge in [0, 0.05) is 36.1 Å². The number of nitrogens with zero attached hydrogens (tertiary/aromatic N) is 2. The van der Waals surface area contributed by atoms with Crippen molar-refractivity contribution >= 4 is 23.0 Å². The molecule has 1 aliphatic rings. The quantitative estimate of drug-likeness (QED) is 0.593. The van der Waals surface area contributed by atoms with E-state index in [1.54, 1.807) is 18.5 Å². The summed E-state index contributed by atoms with van der Waals surface area (Å²) in [5.74, 6) is 0. The molecule has 0 aliphatic carbocycles. The number of nitrogens with one attached hydrogen (secondary N) is 2. The van der Waals surface area contributed by atoms with Crippen LogP contribution in [0, 0.1) is 0 Å². The molecule has 31 heavy (non-hydrogen) atoms. The molecule has 168 valence electrons. The van der Waals surface area contributed by atoms with E-state index in [1.807, 2.05) is 17.0 Å². The standard InChI is InChI=1S/C23H29F3N4S/c1-21(2)13-17(14-22(3,4)29-21)30(15-16-9-11-27-12-10-16)20(31)28-19-8-6-5-7-18(19)23(24,25)26/h5-12,17,29H,13-15H2,1-4H3,(H,28,31). The van der Waals surface area contributed by atoms with Crippen molar-refractivity contribution in [2.24, 2.45) is 0 Å². The Morgan fingerprint density at radius 3 is 2.26 bits per heavy atom. The number of aromatic nitrogens is 1. The molecular weight excluding hydrogens is 421 g/mol. The highest BCUT2D eigenvalue weighted by Gasteiger charge is 2.41. The van der Waals surface area contributed by atoms with Gasteiger partial charge in [-0.2, -0.15) is 13.2 Å². The van der Waals surface area contributed by atoms with Gasteiger partial charge in [-0.1, -0.05) is 12.1 Å². The van der Waals surface area contributed by atoms with Crippen molar-refractivity contribution in [2.45, 2.75) is 70.4 Å². The number of benzene rings is 1. The maximum Gasteiger partial charge on any atom is 0.418 e. The van der Waals surface area contributed by atoms with E-state index in [0.29, 0.717) is 6.54 Å². The van der Waals surface area contributed by atoms with Crippen LogP contribution in [0.2, 0.25) is 0 Å². The molecule has 2 N–H and O–H groups in total. The summed E-state index contributed by atoms with van der Waals surface area (Å²) in [6.07, 6.45) is 0.570. The van der Waals surface area contributed by atoms with Crippen LogP contribution in [0.4, 0.5) is 18.9 Å². The first kappa shape index (κ1) is 23.5. The first-order chi connectivity index (χ1) is 14.4. The Morgan fingerprint density at radius 2 is 1.68 bits per heavy atom. The second-order valence-electron chi connectivity index (χ2n) is 9.41. The van der Waals surface area contributed by atoms with Crippen molar-refractivity contribution in [3.8, 4) is 0 Å². The van der Waals surface area contributed by atoms with E-state index in [1.165, 1.54) is 12.1 Å². The van der Waals surface area contributed by atoms with Crippen molar-refractivity contribution in [3.63, 3.8) is 0 Å². The van der Waals surface area contributed by atoms with Gasteiger partial charge in [0.2, 0.25) is 0 Å². The molecule has 0 atom stereocenters. The minimum absolute atomic E-state index is 0.0350. The second-order valence-corrected chi connectivity index (χ2v) is 9.80. The van der Waals surface area contributed by atoms with E-state index in [9.17, 15) is 13.2 Å². The van der Waals surface area contributed by atoms with E-state index < -0.39 is 11.7 Å². The molecule has 0 unspecified atom stereocenters. The number of hydrogen-bond acceptors (Lipinski definition) is 3. The number of para-hydroxylation sites is 1. The molecular formula is C23H29F3N4S. The van der Waals surface area contributed by atoms with Crippen molar-refractivity contribution in [1.29, 1.82) is 0 Å². The molecule has 2 aromatic rings. The molecule has 3 rings (SSSR count). The average molecular weight is 451 g/mol. The molecule has 8 heteroatoms. The summed E-state index contributed by atoms with van der Waals surface area (Å²) in [7, 11) is 0. The van der Waals surface area contributed by atoms with Gasteiger partial charge in [-0.3, -0.25) is 4.98 Å². The van der Waals surface area contributed by atoms with Gasteiger partial charge in [0.05, 0.1) is 11.3 Å². The van der Waals surface area contributed by atoms with Gasteiger partial charge < -0.3 is 15.5 Å². The molecule has 2 heterocycles. The second kappa shape index (κ2) is 8.74. The Balaban J connectivity index is 1.92. The lowest BCUT2D eigenvalue weighted by Crippen LogP contribution is -2.63. The third kappa shape index (κ3) is 6.17. The lowest BCUT2D eigenvalue weighted by Gasteiger charge is -2.50. The normalized spacial score (nSPS) is 18.4. The lowest BCUT2D eigenvalue weighted by atomic mass is 9.79. The fourth-order valence-electron chi connectivity index (χ4n) is 4.57. The summed E-state index contributed by atoms with van der Waals surface area (Å²) in [6, 6.07) is 9.28. The number of pyridine rings is 1. The molecule has 0 saturated carbocycles. The SMILES string of the molecule is CC1(C)CC(N(Cc2ccncc2)C(=S)Nc2ccccc2C(F)(F)F)CC(C)(C)N1. The Hall–Kier alpha value is -2.19. The molecule has 1 aromatic heterocycles. The maximum atomic E-state index is 13.5. The zero-order valence-electron chi connectivity index (χ0n) is 18.3. The predicted molar refractivity (Wildman–Crippen MR) is 122 cm³/mol. The monoisotopic (exact) mass is 450 g/mol. The smallest absolute Gasteiger partial charge is 0.342 e. The third-order valence-electron chi connectivity index (χ3n) is 5.45. The number of thiocarbonyl (C=S) groups is 1. The number of alkyl halides is 3. The molecule has 1 aromatic carbocycles. The summed E-state index contributed by atoms with van der Waals surface area (Å²) in [5, 5.41) is 6.82. The Kier molecular flexibility index (Phi) is 6.62.